The highest BCUT2D eigenvalue weighted by atomic mass is 32.1. The summed E-state index contributed by atoms with van der Waals surface area (Å²) in [6.07, 6.45) is 0. The molecule has 5 heteroatoms. The zero-order valence-electron chi connectivity index (χ0n) is 63.0. The zero-order chi connectivity index (χ0) is 74.4. The van der Waals surface area contributed by atoms with E-state index in [4.69, 9.17) is 0 Å². The number of hydrogen-bond acceptors (Lipinski definition) is 3. The van der Waals surface area contributed by atoms with Crippen molar-refractivity contribution in [1.29, 1.82) is 0 Å². The SMILES string of the molecule is CC(C)(C)c1cc(-c2ccccc2)c(N2c3cc(-c4c5ccccc5c(-c5ccccc5)c5ccccc45)ccc3B3c4ccc(-c5cccc6sc7ccccc7c56)cc4N(c4c(-c5ccccc5)cc(C(C)(C)C)cc4-c4ccccc4)c4cc(-n5c6ccccc6c6ccccc65)cc2c43)c(-c2ccccc2)c1. The first-order valence-electron chi connectivity index (χ1n) is 38.9. The maximum absolute atomic E-state index is 2.75. The molecule has 0 fully saturated rings. The van der Waals surface area contributed by atoms with Gasteiger partial charge < -0.3 is 14.4 Å². The summed E-state index contributed by atoms with van der Waals surface area (Å²) in [5.41, 5.74) is 32.1. The Morgan fingerprint density at radius 2 is 0.613 bits per heavy atom. The highest BCUT2D eigenvalue weighted by Gasteiger charge is 2.47. The molecule has 0 aliphatic carbocycles. The maximum Gasteiger partial charge on any atom is 0.252 e. The summed E-state index contributed by atoms with van der Waals surface area (Å²) in [5, 5.41) is 9.82. The molecule has 3 nitrogen and oxygen atoms in total. The fourth-order valence-corrected chi connectivity index (χ4v) is 19.6. The van der Waals surface area contributed by atoms with Gasteiger partial charge in [-0.2, -0.15) is 0 Å². The molecule has 0 amide bonds. The molecular formula is C106H78BN3S. The summed E-state index contributed by atoms with van der Waals surface area (Å²) in [6.45, 7) is 13.9. The monoisotopic (exact) mass is 1440 g/mol. The molecule has 19 aromatic rings. The van der Waals surface area contributed by atoms with E-state index in [-0.39, 0.29) is 17.5 Å². The van der Waals surface area contributed by atoms with Gasteiger partial charge in [0.25, 0.3) is 6.71 Å². The highest BCUT2D eigenvalue weighted by molar-refractivity contribution is 7.26. The second-order valence-corrected chi connectivity index (χ2v) is 33.3. The lowest BCUT2D eigenvalue weighted by Crippen LogP contribution is -2.61. The molecular weight excluding hydrogens is 1360 g/mol. The van der Waals surface area contributed by atoms with Crippen LogP contribution in [0.1, 0.15) is 52.7 Å². The third-order valence-electron chi connectivity index (χ3n) is 23.6. The number of anilines is 6. The molecule has 0 unspecified atom stereocenters. The Morgan fingerprint density at radius 1 is 0.261 bits per heavy atom. The van der Waals surface area contributed by atoms with Crippen molar-refractivity contribution in [1.82, 2.24) is 4.57 Å². The van der Waals surface area contributed by atoms with Gasteiger partial charge in [0.1, 0.15) is 0 Å². The van der Waals surface area contributed by atoms with Crippen molar-refractivity contribution in [2.45, 2.75) is 52.4 Å². The lowest BCUT2D eigenvalue weighted by Gasteiger charge is -2.46. The smallest absolute Gasteiger partial charge is 0.252 e. The van der Waals surface area contributed by atoms with E-state index in [0.29, 0.717) is 0 Å². The number of aromatic nitrogens is 1. The molecule has 0 radical (unpaired) electrons. The van der Waals surface area contributed by atoms with E-state index in [1.165, 1.54) is 102 Å². The lowest BCUT2D eigenvalue weighted by atomic mass is 9.33. The standard InChI is InChI=1S/C106H78BN3S/c1-105(2,3)74-61-85(67-33-12-7-13-34-67)103(86(62-74)68-35-14-8-15-36-68)109-93-59-72(77-50-32-54-98-101(77)84-49-28-31-53-97(84)111-98)55-57-89(93)107-90-58-56-73(100-82-47-24-22-45-80(82)99(71-41-20-11-21-42-71)81-46-23-25-48-83(81)100)60-94(90)110(96-66-76(65-95(109)102(96)107)108-91-51-29-26-43-78(91)79-44-27-30-52-92(79)108)104-87(69-37-16-9-17-38-69)63-75(106(4,5)6)64-88(104)70-39-18-10-19-40-70/h7-66H,1-6H3. The van der Waals surface area contributed by atoms with Crippen LogP contribution in [0.25, 0.3) is 147 Å². The number of fused-ring (bicyclic) bond motifs is 12. The van der Waals surface area contributed by atoms with Gasteiger partial charge in [0.15, 0.2) is 0 Å². The largest absolute Gasteiger partial charge is 0.310 e. The molecule has 2 aliphatic rings. The quantitative estimate of drug-likeness (QED) is 0.0999. The Bertz CT molecular complexity index is 6730. The van der Waals surface area contributed by atoms with Gasteiger partial charge >= 0.3 is 0 Å². The van der Waals surface area contributed by atoms with Crippen LogP contribution in [0.3, 0.4) is 0 Å². The van der Waals surface area contributed by atoms with E-state index < -0.39 is 0 Å². The fraction of sp³-hybridized carbons (Fsp3) is 0.0755. The van der Waals surface area contributed by atoms with Gasteiger partial charge in [0.05, 0.1) is 28.1 Å². The van der Waals surface area contributed by atoms with Crippen LogP contribution in [-0.2, 0) is 10.8 Å². The Morgan fingerprint density at radius 3 is 1.05 bits per heavy atom. The van der Waals surface area contributed by atoms with Crippen LogP contribution >= 0.6 is 11.3 Å². The summed E-state index contributed by atoms with van der Waals surface area (Å²) < 4.78 is 5.13. The van der Waals surface area contributed by atoms with Gasteiger partial charge in [0, 0.05) is 75.9 Å². The Labute approximate surface area is 653 Å². The molecule has 17 aromatic carbocycles. The second-order valence-electron chi connectivity index (χ2n) is 32.2. The van der Waals surface area contributed by atoms with Crippen molar-refractivity contribution in [2.24, 2.45) is 0 Å². The highest BCUT2D eigenvalue weighted by Crippen LogP contribution is 2.57. The molecule has 0 saturated carbocycles. The number of nitrogens with zero attached hydrogens (tertiary/aromatic N) is 3. The van der Waals surface area contributed by atoms with Crippen LogP contribution in [0.5, 0.6) is 0 Å². The summed E-state index contributed by atoms with van der Waals surface area (Å²) in [5.74, 6) is 0. The molecule has 0 saturated heterocycles. The van der Waals surface area contributed by atoms with Crippen molar-refractivity contribution in [2.75, 3.05) is 9.80 Å². The molecule has 0 bridgehead atoms. The van der Waals surface area contributed by atoms with Gasteiger partial charge in [0.2, 0.25) is 0 Å². The third-order valence-corrected chi connectivity index (χ3v) is 24.8. The molecule has 111 heavy (non-hydrogen) atoms. The van der Waals surface area contributed by atoms with E-state index in [2.05, 4.69) is 420 Å². The number of hydrogen-bond donors (Lipinski definition) is 0. The normalized spacial score (nSPS) is 12.7. The summed E-state index contributed by atoms with van der Waals surface area (Å²) >= 11 is 1.88. The van der Waals surface area contributed by atoms with Gasteiger partial charge in [-0.15, -0.1) is 11.3 Å². The minimum atomic E-state index is -0.294. The minimum Gasteiger partial charge on any atom is -0.310 e. The first-order chi connectivity index (χ1) is 54.4. The lowest BCUT2D eigenvalue weighted by molar-refractivity contribution is 0.590. The van der Waals surface area contributed by atoms with Crippen molar-refractivity contribution in [3.63, 3.8) is 0 Å². The van der Waals surface area contributed by atoms with E-state index >= 15 is 0 Å². The van der Waals surface area contributed by atoms with Crippen molar-refractivity contribution < 1.29 is 0 Å². The predicted molar refractivity (Wildman–Crippen MR) is 478 cm³/mol. The second kappa shape index (κ2) is 25.8. The molecule has 2 aliphatic heterocycles. The average Bonchev–Trinajstić information content (AvgIpc) is 1.01. The summed E-state index contributed by atoms with van der Waals surface area (Å²) in [4.78, 5) is 5.50. The number of para-hydroxylation sites is 2. The summed E-state index contributed by atoms with van der Waals surface area (Å²) in [6, 6.07) is 139. The van der Waals surface area contributed by atoms with Gasteiger partial charge in [-0.25, -0.2) is 0 Å². The van der Waals surface area contributed by atoms with E-state index in [9.17, 15) is 0 Å². The Hall–Kier alpha value is -13.1. The molecule has 21 rings (SSSR count). The van der Waals surface area contributed by atoms with E-state index in [1.54, 1.807) is 0 Å². The van der Waals surface area contributed by atoms with Crippen molar-refractivity contribution >= 4 is 132 Å². The van der Waals surface area contributed by atoms with Gasteiger partial charge in [-0.1, -0.05) is 333 Å². The molecule has 0 atom stereocenters. The number of rotatable bonds is 10. The fourth-order valence-electron chi connectivity index (χ4n) is 18.4. The topological polar surface area (TPSA) is 11.4 Å². The molecule has 526 valence electrons. The van der Waals surface area contributed by atoms with Gasteiger partial charge in [-0.05, 0) is 188 Å². The minimum absolute atomic E-state index is 0.220. The molecule has 0 spiro atoms. The Balaban J connectivity index is 0.976. The van der Waals surface area contributed by atoms with Crippen LogP contribution in [0.4, 0.5) is 34.1 Å². The van der Waals surface area contributed by atoms with E-state index in [1.807, 2.05) is 11.3 Å². The van der Waals surface area contributed by atoms with Crippen LogP contribution in [-0.4, -0.2) is 11.3 Å². The van der Waals surface area contributed by atoms with Crippen LogP contribution < -0.4 is 26.2 Å². The zero-order valence-corrected chi connectivity index (χ0v) is 63.8. The number of benzene rings is 17. The van der Waals surface area contributed by atoms with Crippen molar-refractivity contribution in [3.8, 4) is 83.6 Å². The first kappa shape index (κ1) is 66.2. The molecule has 2 aromatic heterocycles. The van der Waals surface area contributed by atoms with Crippen molar-refractivity contribution in [3.05, 3.63) is 375 Å². The first-order valence-corrected chi connectivity index (χ1v) is 39.7. The van der Waals surface area contributed by atoms with E-state index in [0.717, 1.165) is 106 Å². The van der Waals surface area contributed by atoms with Gasteiger partial charge in [-0.3, -0.25) is 0 Å². The molecule has 4 heterocycles. The number of thiophene rings is 1. The van der Waals surface area contributed by atoms with Crippen LogP contribution in [0.2, 0.25) is 0 Å². The summed E-state index contributed by atoms with van der Waals surface area (Å²) in [7, 11) is 0. The average molecular weight is 1440 g/mol. The predicted octanol–water partition coefficient (Wildman–Crippen LogP) is 27.8. The third kappa shape index (κ3) is 10.7. The van der Waals surface area contributed by atoms with Crippen LogP contribution in [0, 0.1) is 0 Å². The molecule has 0 N–H and O–H groups in total. The maximum atomic E-state index is 2.75. The van der Waals surface area contributed by atoms with Crippen LogP contribution in [0.15, 0.2) is 364 Å². The Kier molecular flexibility index (Phi) is 15.4.